The fourth-order valence-electron chi connectivity index (χ4n) is 0.862. The monoisotopic (exact) mass is 184 g/mol. The van der Waals surface area contributed by atoms with Crippen molar-refractivity contribution in [2.24, 2.45) is 0 Å². The molecule has 0 spiro atoms. The van der Waals surface area contributed by atoms with Gasteiger partial charge in [0.05, 0.1) is 17.6 Å². The third kappa shape index (κ3) is 3.00. The van der Waals surface area contributed by atoms with Crippen LogP contribution in [0.15, 0.2) is 10.9 Å². The molecule has 0 aliphatic carbocycles. The molecule has 4 heteroatoms. The molecule has 0 atom stereocenters. The maximum Gasteiger partial charge on any atom is 0.226 e. The smallest absolute Gasteiger partial charge is 0.226 e. The normalized spacial score (nSPS) is 10.2. The van der Waals surface area contributed by atoms with Crippen LogP contribution in [0.25, 0.3) is 0 Å². The minimum absolute atomic E-state index is 0.0379. The minimum atomic E-state index is 0.0379. The van der Waals surface area contributed by atoms with Gasteiger partial charge >= 0.3 is 0 Å². The molecular weight excluding hydrogens is 172 g/mol. The molecule has 1 aromatic rings. The molecule has 1 amide bonds. The summed E-state index contributed by atoms with van der Waals surface area (Å²) in [7, 11) is 0. The van der Waals surface area contributed by atoms with Gasteiger partial charge in [-0.05, 0) is 13.8 Å². The van der Waals surface area contributed by atoms with Crippen LogP contribution in [-0.2, 0) is 11.2 Å². The first-order valence-corrected chi connectivity index (χ1v) is 4.79. The Balaban J connectivity index is 2.37. The van der Waals surface area contributed by atoms with Gasteiger partial charge in [0, 0.05) is 11.4 Å². The standard InChI is InChI=1S/C8H12N2OS/c1-6(2)10-8(11)3-7-4-12-5-9-7/h4-6H,3H2,1-2H3,(H,10,11). The first kappa shape index (κ1) is 9.19. The average Bonchev–Trinajstić information content (AvgIpc) is 2.37. The van der Waals surface area contributed by atoms with Gasteiger partial charge in [-0.3, -0.25) is 4.79 Å². The molecule has 0 saturated heterocycles. The molecule has 66 valence electrons. The maximum absolute atomic E-state index is 11.2. The number of thiazole rings is 1. The molecule has 1 heterocycles. The van der Waals surface area contributed by atoms with E-state index in [9.17, 15) is 4.79 Å². The molecule has 0 bridgehead atoms. The van der Waals surface area contributed by atoms with Gasteiger partial charge in [-0.2, -0.15) is 0 Å². The molecule has 1 N–H and O–H groups in total. The van der Waals surface area contributed by atoms with E-state index in [1.807, 2.05) is 19.2 Å². The second-order valence-corrected chi connectivity index (χ2v) is 3.60. The number of amides is 1. The summed E-state index contributed by atoms with van der Waals surface area (Å²) in [6, 6.07) is 0.205. The number of hydrogen-bond acceptors (Lipinski definition) is 3. The largest absolute Gasteiger partial charge is 0.354 e. The Hall–Kier alpha value is -0.900. The Morgan fingerprint density at radius 1 is 1.75 bits per heavy atom. The predicted molar refractivity (Wildman–Crippen MR) is 49.1 cm³/mol. The first-order valence-electron chi connectivity index (χ1n) is 3.85. The summed E-state index contributed by atoms with van der Waals surface area (Å²) in [6.45, 7) is 3.89. The Morgan fingerprint density at radius 3 is 3.00 bits per heavy atom. The van der Waals surface area contributed by atoms with Crippen molar-refractivity contribution in [3.05, 3.63) is 16.6 Å². The van der Waals surface area contributed by atoms with Crippen molar-refractivity contribution in [1.29, 1.82) is 0 Å². The molecule has 0 fully saturated rings. The third-order valence-corrected chi connectivity index (χ3v) is 1.91. The number of nitrogens with one attached hydrogen (secondary N) is 1. The highest BCUT2D eigenvalue weighted by molar-refractivity contribution is 7.07. The number of hydrogen-bond donors (Lipinski definition) is 1. The van der Waals surface area contributed by atoms with Gasteiger partial charge in [0.1, 0.15) is 0 Å². The zero-order chi connectivity index (χ0) is 8.97. The highest BCUT2D eigenvalue weighted by Crippen LogP contribution is 2.01. The highest BCUT2D eigenvalue weighted by Gasteiger charge is 2.05. The van der Waals surface area contributed by atoms with Gasteiger partial charge in [0.15, 0.2) is 0 Å². The molecule has 0 aliphatic heterocycles. The molecule has 0 aliphatic rings. The molecule has 0 saturated carbocycles. The summed E-state index contributed by atoms with van der Waals surface area (Å²) in [4.78, 5) is 15.2. The number of carbonyl (C=O) groups excluding carboxylic acids is 1. The molecule has 0 radical (unpaired) electrons. The zero-order valence-electron chi connectivity index (χ0n) is 7.20. The van der Waals surface area contributed by atoms with Crippen LogP contribution in [0.2, 0.25) is 0 Å². The van der Waals surface area contributed by atoms with Crippen LogP contribution in [0, 0.1) is 0 Å². The van der Waals surface area contributed by atoms with Gasteiger partial charge in [-0.1, -0.05) is 0 Å². The average molecular weight is 184 g/mol. The summed E-state index contributed by atoms with van der Waals surface area (Å²) in [5.41, 5.74) is 2.58. The van der Waals surface area contributed by atoms with Crippen molar-refractivity contribution < 1.29 is 4.79 Å². The van der Waals surface area contributed by atoms with Crippen molar-refractivity contribution in [1.82, 2.24) is 10.3 Å². The van der Waals surface area contributed by atoms with Gasteiger partial charge in [-0.25, -0.2) is 4.98 Å². The van der Waals surface area contributed by atoms with E-state index in [1.165, 1.54) is 11.3 Å². The molecule has 12 heavy (non-hydrogen) atoms. The van der Waals surface area contributed by atoms with Crippen LogP contribution in [0.3, 0.4) is 0 Å². The summed E-state index contributed by atoms with van der Waals surface area (Å²) < 4.78 is 0. The van der Waals surface area contributed by atoms with E-state index in [0.29, 0.717) is 6.42 Å². The van der Waals surface area contributed by atoms with Gasteiger partial charge in [0.2, 0.25) is 5.91 Å². The van der Waals surface area contributed by atoms with E-state index < -0.39 is 0 Å². The Morgan fingerprint density at radius 2 is 2.50 bits per heavy atom. The predicted octanol–water partition coefficient (Wildman–Crippen LogP) is 1.21. The lowest BCUT2D eigenvalue weighted by atomic mass is 10.3. The third-order valence-electron chi connectivity index (χ3n) is 1.27. The molecule has 0 aromatic carbocycles. The highest BCUT2D eigenvalue weighted by atomic mass is 32.1. The van der Waals surface area contributed by atoms with E-state index >= 15 is 0 Å². The number of nitrogens with zero attached hydrogens (tertiary/aromatic N) is 1. The summed E-state index contributed by atoms with van der Waals surface area (Å²) >= 11 is 1.51. The lowest BCUT2D eigenvalue weighted by Crippen LogP contribution is -2.31. The van der Waals surface area contributed by atoms with Crippen LogP contribution in [0.4, 0.5) is 0 Å². The van der Waals surface area contributed by atoms with E-state index in [4.69, 9.17) is 0 Å². The van der Waals surface area contributed by atoms with Crippen LogP contribution in [0.1, 0.15) is 19.5 Å². The van der Waals surface area contributed by atoms with E-state index in [-0.39, 0.29) is 11.9 Å². The van der Waals surface area contributed by atoms with Crippen molar-refractivity contribution in [2.45, 2.75) is 26.3 Å². The molecule has 0 unspecified atom stereocenters. The lowest BCUT2D eigenvalue weighted by Gasteiger charge is -2.06. The van der Waals surface area contributed by atoms with Crippen molar-refractivity contribution in [2.75, 3.05) is 0 Å². The fourth-order valence-corrected chi connectivity index (χ4v) is 1.42. The number of carbonyl (C=O) groups is 1. The van der Waals surface area contributed by atoms with E-state index in [2.05, 4.69) is 10.3 Å². The molecule has 1 aromatic heterocycles. The minimum Gasteiger partial charge on any atom is -0.354 e. The summed E-state index contributed by atoms with van der Waals surface area (Å²) in [6.07, 6.45) is 0.391. The van der Waals surface area contributed by atoms with Crippen molar-refractivity contribution in [3.63, 3.8) is 0 Å². The SMILES string of the molecule is CC(C)NC(=O)Cc1cscn1. The molecular formula is C8H12N2OS. The number of aromatic nitrogens is 1. The van der Waals surface area contributed by atoms with Gasteiger partial charge in [-0.15, -0.1) is 11.3 Å². The fraction of sp³-hybridized carbons (Fsp3) is 0.500. The Labute approximate surface area is 75.8 Å². The van der Waals surface area contributed by atoms with Gasteiger partial charge < -0.3 is 5.32 Å². The number of rotatable bonds is 3. The topological polar surface area (TPSA) is 42.0 Å². The molecule has 3 nitrogen and oxygen atoms in total. The zero-order valence-corrected chi connectivity index (χ0v) is 8.02. The second kappa shape index (κ2) is 4.21. The maximum atomic E-state index is 11.2. The van der Waals surface area contributed by atoms with Crippen LogP contribution >= 0.6 is 11.3 Å². The van der Waals surface area contributed by atoms with Crippen LogP contribution in [-0.4, -0.2) is 16.9 Å². The van der Waals surface area contributed by atoms with Crippen LogP contribution < -0.4 is 5.32 Å². The quantitative estimate of drug-likeness (QED) is 0.767. The van der Waals surface area contributed by atoms with E-state index in [0.717, 1.165) is 5.69 Å². The molecule has 1 rings (SSSR count). The Kier molecular flexibility index (Phi) is 3.22. The summed E-state index contributed by atoms with van der Waals surface area (Å²) in [5, 5.41) is 4.70. The lowest BCUT2D eigenvalue weighted by molar-refractivity contribution is -0.120. The van der Waals surface area contributed by atoms with Crippen molar-refractivity contribution in [3.8, 4) is 0 Å². The van der Waals surface area contributed by atoms with E-state index in [1.54, 1.807) is 5.51 Å². The van der Waals surface area contributed by atoms with Gasteiger partial charge in [0.25, 0.3) is 0 Å². The van der Waals surface area contributed by atoms with Crippen LogP contribution in [0.5, 0.6) is 0 Å². The summed E-state index contributed by atoms with van der Waals surface area (Å²) in [5.74, 6) is 0.0379. The van der Waals surface area contributed by atoms with Crippen molar-refractivity contribution >= 4 is 17.2 Å². The first-order chi connectivity index (χ1) is 5.68. The second-order valence-electron chi connectivity index (χ2n) is 2.88. The Bertz CT molecular complexity index is 244.